The van der Waals surface area contributed by atoms with Gasteiger partial charge in [-0.25, -0.2) is 0 Å². The number of H-pyrrole nitrogens is 1. The van der Waals surface area contributed by atoms with Crippen LogP contribution >= 0.6 is 0 Å². The predicted octanol–water partition coefficient (Wildman–Crippen LogP) is 0.943. The van der Waals surface area contributed by atoms with Crippen LogP contribution < -0.4 is 5.73 Å². The van der Waals surface area contributed by atoms with E-state index in [-0.39, 0.29) is 0 Å². The van der Waals surface area contributed by atoms with Gasteiger partial charge >= 0.3 is 0 Å². The number of aliphatic hydroxyl groups is 1. The molecular formula is C10H13N3O. The second kappa shape index (κ2) is 3.40. The van der Waals surface area contributed by atoms with Crippen LogP contribution in [0.15, 0.2) is 24.5 Å². The summed E-state index contributed by atoms with van der Waals surface area (Å²) < 4.78 is 0. The van der Waals surface area contributed by atoms with Crippen molar-refractivity contribution in [3.8, 4) is 0 Å². The van der Waals surface area contributed by atoms with E-state index in [0.29, 0.717) is 0 Å². The Morgan fingerprint density at radius 3 is 3.00 bits per heavy atom. The Labute approximate surface area is 81.8 Å². The average Bonchev–Trinajstić information content (AvgIpc) is 2.63. The Bertz CT molecular complexity index is 436. The molecule has 0 spiro atoms. The monoisotopic (exact) mass is 191 g/mol. The van der Waals surface area contributed by atoms with Gasteiger partial charge in [0.2, 0.25) is 0 Å². The van der Waals surface area contributed by atoms with E-state index in [2.05, 4.69) is 9.97 Å². The molecule has 2 atom stereocenters. The van der Waals surface area contributed by atoms with Gasteiger partial charge in [-0.1, -0.05) is 0 Å². The summed E-state index contributed by atoms with van der Waals surface area (Å²) >= 11 is 0. The van der Waals surface area contributed by atoms with E-state index >= 15 is 0 Å². The first-order chi connectivity index (χ1) is 6.70. The first-order valence-corrected chi connectivity index (χ1v) is 4.56. The molecule has 0 amide bonds. The summed E-state index contributed by atoms with van der Waals surface area (Å²) in [5, 5.41) is 10.4. The molecule has 2 aromatic heterocycles. The van der Waals surface area contributed by atoms with Crippen LogP contribution in [0.5, 0.6) is 0 Å². The molecule has 0 aliphatic carbocycles. The largest absolute Gasteiger partial charge is 0.391 e. The molecule has 4 heteroatoms. The Kier molecular flexibility index (Phi) is 2.23. The maximum atomic E-state index is 9.40. The van der Waals surface area contributed by atoms with Crippen LogP contribution in [0.1, 0.15) is 18.7 Å². The van der Waals surface area contributed by atoms with Gasteiger partial charge in [0, 0.05) is 23.3 Å². The molecule has 2 rings (SSSR count). The fourth-order valence-electron chi connectivity index (χ4n) is 1.50. The maximum absolute atomic E-state index is 9.40. The number of nitrogens with zero attached hydrogens (tertiary/aromatic N) is 1. The number of nitrogens with two attached hydrogens (primary N) is 1. The van der Waals surface area contributed by atoms with Crippen LogP contribution in [0.3, 0.4) is 0 Å². The number of rotatable bonds is 2. The molecular weight excluding hydrogens is 178 g/mol. The maximum Gasteiger partial charge on any atom is 0.0737 e. The summed E-state index contributed by atoms with van der Waals surface area (Å²) in [6.07, 6.45) is 2.93. The summed E-state index contributed by atoms with van der Waals surface area (Å²) in [5.74, 6) is 0. The second-order valence-corrected chi connectivity index (χ2v) is 3.40. The zero-order valence-corrected chi connectivity index (χ0v) is 7.94. The molecule has 4 N–H and O–H groups in total. The SMILES string of the molecule is C[C@H](O)[C@H](N)c1nccc2[nH]ccc12. The van der Waals surface area contributed by atoms with Gasteiger partial charge < -0.3 is 15.8 Å². The summed E-state index contributed by atoms with van der Waals surface area (Å²) in [6.45, 7) is 1.66. The van der Waals surface area contributed by atoms with E-state index in [0.717, 1.165) is 16.6 Å². The molecule has 0 aliphatic rings. The van der Waals surface area contributed by atoms with Crippen molar-refractivity contribution in [1.82, 2.24) is 9.97 Å². The highest BCUT2D eigenvalue weighted by Gasteiger charge is 2.16. The average molecular weight is 191 g/mol. The number of aromatic nitrogens is 2. The first kappa shape index (κ1) is 9.18. The molecule has 0 saturated heterocycles. The quantitative estimate of drug-likeness (QED) is 0.661. The van der Waals surface area contributed by atoms with Gasteiger partial charge in [0.05, 0.1) is 17.8 Å². The molecule has 0 unspecified atom stereocenters. The van der Waals surface area contributed by atoms with Crippen molar-refractivity contribution in [3.63, 3.8) is 0 Å². The minimum absolute atomic E-state index is 0.436. The van der Waals surface area contributed by atoms with E-state index in [1.807, 2.05) is 18.3 Å². The summed E-state index contributed by atoms with van der Waals surface area (Å²) in [4.78, 5) is 7.27. The lowest BCUT2D eigenvalue weighted by atomic mass is 10.1. The van der Waals surface area contributed by atoms with Gasteiger partial charge in [-0.05, 0) is 19.1 Å². The highest BCUT2D eigenvalue weighted by atomic mass is 16.3. The molecule has 74 valence electrons. The zero-order chi connectivity index (χ0) is 10.1. The van der Waals surface area contributed by atoms with Crippen LogP contribution in [-0.2, 0) is 0 Å². The number of hydrogen-bond donors (Lipinski definition) is 3. The Hall–Kier alpha value is -1.39. The van der Waals surface area contributed by atoms with Gasteiger partial charge in [-0.3, -0.25) is 4.98 Å². The number of aromatic amines is 1. The molecule has 0 saturated carbocycles. The Morgan fingerprint density at radius 1 is 1.50 bits per heavy atom. The normalized spacial score (nSPS) is 15.6. The van der Waals surface area contributed by atoms with Crippen molar-refractivity contribution < 1.29 is 5.11 Å². The zero-order valence-electron chi connectivity index (χ0n) is 7.94. The van der Waals surface area contributed by atoms with Crippen molar-refractivity contribution in [1.29, 1.82) is 0 Å². The molecule has 0 aliphatic heterocycles. The third-order valence-corrected chi connectivity index (χ3v) is 2.35. The lowest BCUT2D eigenvalue weighted by molar-refractivity contribution is 0.163. The molecule has 0 radical (unpaired) electrons. The minimum Gasteiger partial charge on any atom is -0.391 e. The minimum atomic E-state index is -0.594. The first-order valence-electron chi connectivity index (χ1n) is 4.56. The lowest BCUT2D eigenvalue weighted by Crippen LogP contribution is -2.24. The molecule has 2 heterocycles. The van der Waals surface area contributed by atoms with Crippen molar-refractivity contribution in [2.45, 2.75) is 19.1 Å². The van der Waals surface area contributed by atoms with Crippen LogP contribution in [0.25, 0.3) is 10.9 Å². The van der Waals surface area contributed by atoms with Crippen molar-refractivity contribution in [2.75, 3.05) is 0 Å². The molecule has 4 nitrogen and oxygen atoms in total. The Balaban J connectivity index is 2.56. The number of hydrogen-bond acceptors (Lipinski definition) is 3. The van der Waals surface area contributed by atoms with Crippen molar-refractivity contribution >= 4 is 10.9 Å². The number of nitrogens with one attached hydrogen (secondary N) is 1. The van der Waals surface area contributed by atoms with Gasteiger partial charge in [-0.15, -0.1) is 0 Å². The van der Waals surface area contributed by atoms with Gasteiger partial charge in [0.25, 0.3) is 0 Å². The van der Waals surface area contributed by atoms with Gasteiger partial charge in [0.1, 0.15) is 0 Å². The summed E-state index contributed by atoms with van der Waals surface area (Å²) in [6, 6.07) is 3.36. The van der Waals surface area contributed by atoms with Gasteiger partial charge in [0.15, 0.2) is 0 Å². The number of pyridine rings is 1. The summed E-state index contributed by atoms with van der Waals surface area (Å²) in [7, 11) is 0. The van der Waals surface area contributed by atoms with Crippen LogP contribution in [0, 0.1) is 0 Å². The van der Waals surface area contributed by atoms with Crippen LogP contribution in [-0.4, -0.2) is 21.2 Å². The third-order valence-electron chi connectivity index (χ3n) is 2.35. The molecule has 2 aromatic rings. The van der Waals surface area contributed by atoms with Crippen LogP contribution in [0.2, 0.25) is 0 Å². The standard InChI is InChI=1S/C10H13N3O/c1-6(14)9(11)10-7-2-4-12-8(7)3-5-13-10/h2-6,9,12,14H,11H2,1H3/t6-,9-/m0/s1. The number of fused-ring (bicyclic) bond motifs is 1. The highest BCUT2D eigenvalue weighted by Crippen LogP contribution is 2.21. The summed E-state index contributed by atoms with van der Waals surface area (Å²) in [5.41, 5.74) is 7.56. The Morgan fingerprint density at radius 2 is 2.29 bits per heavy atom. The molecule has 0 bridgehead atoms. The van der Waals surface area contributed by atoms with Gasteiger partial charge in [-0.2, -0.15) is 0 Å². The molecule has 14 heavy (non-hydrogen) atoms. The fourth-order valence-corrected chi connectivity index (χ4v) is 1.50. The van der Waals surface area contributed by atoms with E-state index in [1.54, 1.807) is 13.1 Å². The fraction of sp³-hybridized carbons (Fsp3) is 0.300. The van der Waals surface area contributed by atoms with Crippen LogP contribution in [0.4, 0.5) is 0 Å². The predicted molar refractivity (Wildman–Crippen MR) is 54.7 cm³/mol. The molecule has 0 fully saturated rings. The second-order valence-electron chi connectivity index (χ2n) is 3.40. The smallest absolute Gasteiger partial charge is 0.0737 e. The number of aliphatic hydroxyl groups excluding tert-OH is 1. The highest BCUT2D eigenvalue weighted by molar-refractivity contribution is 5.81. The van der Waals surface area contributed by atoms with E-state index < -0.39 is 12.1 Å². The van der Waals surface area contributed by atoms with Crippen molar-refractivity contribution in [2.24, 2.45) is 5.73 Å². The van der Waals surface area contributed by atoms with Crippen molar-refractivity contribution in [3.05, 3.63) is 30.2 Å². The van der Waals surface area contributed by atoms with E-state index in [4.69, 9.17) is 5.73 Å². The van der Waals surface area contributed by atoms with E-state index in [1.165, 1.54) is 0 Å². The molecule has 0 aromatic carbocycles. The van der Waals surface area contributed by atoms with E-state index in [9.17, 15) is 5.11 Å². The lowest BCUT2D eigenvalue weighted by Gasteiger charge is -2.14. The third kappa shape index (κ3) is 1.38. The topological polar surface area (TPSA) is 74.9 Å².